The van der Waals surface area contributed by atoms with E-state index in [1.807, 2.05) is 6.92 Å². The van der Waals surface area contributed by atoms with E-state index in [1.165, 1.54) is 0 Å². The SMILES string of the molecule is CCCCOC(=O)CC(=O)CC(=O)O. The number of rotatable bonds is 7. The molecule has 0 heterocycles. The van der Waals surface area contributed by atoms with Crippen LogP contribution in [0.1, 0.15) is 32.6 Å². The third-order valence-corrected chi connectivity index (χ3v) is 1.45. The number of aliphatic carboxylic acids is 1. The minimum absolute atomic E-state index is 0.287. The van der Waals surface area contributed by atoms with Gasteiger partial charge in [0.1, 0.15) is 12.8 Å². The van der Waals surface area contributed by atoms with E-state index in [0.717, 1.165) is 12.8 Å². The first-order chi connectivity index (χ1) is 6.56. The van der Waals surface area contributed by atoms with Gasteiger partial charge in [0.15, 0.2) is 5.78 Å². The van der Waals surface area contributed by atoms with Crippen LogP contribution in [0, 0.1) is 0 Å². The Kier molecular flexibility index (Phi) is 6.36. The molecule has 1 N–H and O–H groups in total. The van der Waals surface area contributed by atoms with Crippen LogP contribution in [-0.2, 0) is 19.1 Å². The maximum absolute atomic E-state index is 10.9. The minimum Gasteiger partial charge on any atom is -0.481 e. The quantitative estimate of drug-likeness (QED) is 0.374. The smallest absolute Gasteiger partial charge is 0.313 e. The Labute approximate surface area is 82.1 Å². The maximum atomic E-state index is 10.9. The molecule has 0 spiro atoms. The minimum atomic E-state index is -1.23. The highest BCUT2D eigenvalue weighted by Gasteiger charge is 2.13. The molecule has 0 rings (SSSR count). The van der Waals surface area contributed by atoms with Gasteiger partial charge in [0.2, 0.25) is 0 Å². The molecule has 14 heavy (non-hydrogen) atoms. The number of Topliss-reactive ketones (excluding diaryl/α,β-unsaturated/α-hetero) is 1. The Hall–Kier alpha value is -1.39. The number of hydrogen-bond donors (Lipinski definition) is 1. The van der Waals surface area contributed by atoms with Gasteiger partial charge in [0, 0.05) is 0 Å². The molecule has 0 aliphatic rings. The summed E-state index contributed by atoms with van der Waals surface area (Å²) in [5, 5.41) is 8.24. The lowest BCUT2D eigenvalue weighted by atomic mass is 10.2. The normalized spacial score (nSPS) is 9.50. The zero-order valence-electron chi connectivity index (χ0n) is 8.12. The number of unbranched alkanes of at least 4 members (excludes halogenated alkanes) is 1. The molecule has 0 aliphatic carbocycles. The van der Waals surface area contributed by atoms with E-state index in [9.17, 15) is 14.4 Å². The number of carboxylic acid groups (broad SMARTS) is 1. The molecule has 5 heteroatoms. The van der Waals surface area contributed by atoms with Gasteiger partial charge in [0.05, 0.1) is 6.61 Å². The van der Waals surface area contributed by atoms with Gasteiger partial charge in [-0.25, -0.2) is 0 Å². The Morgan fingerprint density at radius 1 is 1.21 bits per heavy atom. The van der Waals surface area contributed by atoms with E-state index in [4.69, 9.17) is 5.11 Å². The second-order valence-electron chi connectivity index (χ2n) is 2.86. The van der Waals surface area contributed by atoms with Crippen LogP contribution in [-0.4, -0.2) is 29.4 Å². The van der Waals surface area contributed by atoms with Gasteiger partial charge in [-0.05, 0) is 6.42 Å². The predicted octanol–water partition coefficient (Wildman–Crippen LogP) is 0.764. The van der Waals surface area contributed by atoms with Crippen LogP contribution in [0.5, 0.6) is 0 Å². The van der Waals surface area contributed by atoms with Crippen LogP contribution in [0.15, 0.2) is 0 Å². The van der Waals surface area contributed by atoms with Gasteiger partial charge >= 0.3 is 11.9 Å². The fourth-order valence-electron chi connectivity index (χ4n) is 0.774. The molecule has 0 saturated carbocycles. The van der Waals surface area contributed by atoms with E-state index in [0.29, 0.717) is 0 Å². The summed E-state index contributed by atoms with van der Waals surface area (Å²) in [6.07, 6.45) is 0.577. The highest BCUT2D eigenvalue weighted by molar-refractivity contribution is 6.03. The standard InChI is InChI=1S/C9H14O5/c1-2-3-4-14-9(13)6-7(10)5-8(11)12/h2-6H2,1H3,(H,11,12). The van der Waals surface area contributed by atoms with Crippen LogP contribution in [0.2, 0.25) is 0 Å². The zero-order chi connectivity index (χ0) is 11.0. The second kappa shape index (κ2) is 7.06. The van der Waals surface area contributed by atoms with E-state index < -0.39 is 30.6 Å². The van der Waals surface area contributed by atoms with Crippen molar-refractivity contribution < 1.29 is 24.2 Å². The summed E-state index contributed by atoms with van der Waals surface area (Å²) < 4.78 is 4.68. The van der Waals surface area contributed by atoms with Crippen molar-refractivity contribution in [3.8, 4) is 0 Å². The van der Waals surface area contributed by atoms with Crippen LogP contribution >= 0.6 is 0 Å². The Balaban J connectivity index is 3.61. The van der Waals surface area contributed by atoms with Crippen molar-refractivity contribution in [2.45, 2.75) is 32.6 Å². The fourth-order valence-corrected chi connectivity index (χ4v) is 0.774. The molecule has 80 valence electrons. The molecular formula is C9H14O5. The van der Waals surface area contributed by atoms with Gasteiger partial charge in [0.25, 0.3) is 0 Å². The molecule has 0 saturated heterocycles. The highest BCUT2D eigenvalue weighted by Crippen LogP contribution is 1.95. The Bertz CT molecular complexity index is 221. The van der Waals surface area contributed by atoms with Crippen molar-refractivity contribution in [3.05, 3.63) is 0 Å². The molecular weight excluding hydrogens is 188 g/mol. The molecule has 0 radical (unpaired) electrons. The summed E-state index contributed by atoms with van der Waals surface area (Å²) in [7, 11) is 0. The number of ether oxygens (including phenoxy) is 1. The lowest BCUT2D eigenvalue weighted by molar-refractivity contribution is -0.147. The van der Waals surface area contributed by atoms with Gasteiger partial charge in [-0.3, -0.25) is 14.4 Å². The third kappa shape index (κ3) is 7.27. The van der Waals surface area contributed by atoms with E-state index in [1.54, 1.807) is 0 Å². The molecule has 0 atom stereocenters. The number of carbonyl (C=O) groups excluding carboxylic acids is 2. The molecule has 0 aromatic rings. The first-order valence-electron chi connectivity index (χ1n) is 4.45. The number of carbonyl (C=O) groups is 3. The van der Waals surface area contributed by atoms with Crippen molar-refractivity contribution in [2.75, 3.05) is 6.61 Å². The molecule has 0 aromatic heterocycles. The van der Waals surface area contributed by atoms with Crippen molar-refractivity contribution in [1.29, 1.82) is 0 Å². The summed E-state index contributed by atoms with van der Waals surface area (Å²) in [4.78, 5) is 31.8. The zero-order valence-corrected chi connectivity index (χ0v) is 8.12. The summed E-state index contributed by atoms with van der Waals surface area (Å²) in [5.74, 6) is -2.50. The van der Waals surface area contributed by atoms with Crippen LogP contribution in [0.3, 0.4) is 0 Å². The van der Waals surface area contributed by atoms with Crippen LogP contribution < -0.4 is 0 Å². The van der Waals surface area contributed by atoms with E-state index in [-0.39, 0.29) is 6.61 Å². The molecule has 0 fully saturated rings. The van der Waals surface area contributed by atoms with Gasteiger partial charge in [-0.2, -0.15) is 0 Å². The van der Waals surface area contributed by atoms with Gasteiger partial charge in [-0.15, -0.1) is 0 Å². The average Bonchev–Trinajstić information content (AvgIpc) is 2.02. The number of hydrogen-bond acceptors (Lipinski definition) is 4. The summed E-state index contributed by atoms with van der Waals surface area (Å²) >= 11 is 0. The molecule has 0 unspecified atom stereocenters. The van der Waals surface area contributed by atoms with Crippen molar-refractivity contribution in [2.24, 2.45) is 0 Å². The van der Waals surface area contributed by atoms with E-state index in [2.05, 4.69) is 4.74 Å². The molecule has 5 nitrogen and oxygen atoms in total. The molecule has 0 aromatic carbocycles. The lowest BCUT2D eigenvalue weighted by Crippen LogP contribution is -2.14. The third-order valence-electron chi connectivity index (χ3n) is 1.45. The van der Waals surface area contributed by atoms with E-state index >= 15 is 0 Å². The first-order valence-corrected chi connectivity index (χ1v) is 4.45. The first kappa shape index (κ1) is 12.6. The number of esters is 1. The van der Waals surface area contributed by atoms with Gasteiger partial charge < -0.3 is 9.84 Å². The Morgan fingerprint density at radius 2 is 1.86 bits per heavy atom. The van der Waals surface area contributed by atoms with Crippen LogP contribution in [0.4, 0.5) is 0 Å². The van der Waals surface area contributed by atoms with Crippen LogP contribution in [0.25, 0.3) is 0 Å². The lowest BCUT2D eigenvalue weighted by Gasteiger charge is -2.01. The average molecular weight is 202 g/mol. The fraction of sp³-hybridized carbons (Fsp3) is 0.667. The van der Waals surface area contributed by atoms with Crippen molar-refractivity contribution >= 4 is 17.7 Å². The summed E-state index contributed by atoms with van der Waals surface area (Å²) in [5.41, 5.74) is 0. The molecule has 0 bridgehead atoms. The molecule has 0 aliphatic heterocycles. The highest BCUT2D eigenvalue weighted by atomic mass is 16.5. The topological polar surface area (TPSA) is 80.7 Å². The molecule has 0 amide bonds. The van der Waals surface area contributed by atoms with Crippen molar-refractivity contribution in [1.82, 2.24) is 0 Å². The Morgan fingerprint density at radius 3 is 2.36 bits per heavy atom. The second-order valence-corrected chi connectivity index (χ2v) is 2.86. The summed E-state index contributed by atoms with van der Waals surface area (Å²) in [6, 6.07) is 0. The number of ketones is 1. The van der Waals surface area contributed by atoms with Crippen molar-refractivity contribution in [3.63, 3.8) is 0 Å². The predicted molar refractivity (Wildman–Crippen MR) is 47.7 cm³/mol. The van der Waals surface area contributed by atoms with Gasteiger partial charge in [-0.1, -0.05) is 13.3 Å². The summed E-state index contributed by atoms with van der Waals surface area (Å²) in [6.45, 7) is 2.24. The maximum Gasteiger partial charge on any atom is 0.313 e. The number of carboxylic acids is 1. The largest absolute Gasteiger partial charge is 0.481 e. The monoisotopic (exact) mass is 202 g/mol.